The van der Waals surface area contributed by atoms with Gasteiger partial charge in [-0.05, 0) is 43.1 Å². The van der Waals surface area contributed by atoms with Crippen molar-refractivity contribution in [3.8, 4) is 0 Å². The highest BCUT2D eigenvalue weighted by Gasteiger charge is 2.54. The van der Waals surface area contributed by atoms with Crippen molar-refractivity contribution in [2.45, 2.75) is 58.2 Å². The number of amides is 1. The van der Waals surface area contributed by atoms with Crippen LogP contribution in [0.2, 0.25) is 0 Å². The number of hydrogen-bond acceptors (Lipinski definition) is 5. The van der Waals surface area contributed by atoms with Gasteiger partial charge in [0.2, 0.25) is 0 Å². The summed E-state index contributed by atoms with van der Waals surface area (Å²) in [5.41, 5.74) is -0.944. The van der Waals surface area contributed by atoms with E-state index in [1.54, 1.807) is 0 Å². The molecule has 152 valence electrons. The van der Waals surface area contributed by atoms with Gasteiger partial charge in [0.15, 0.2) is 6.04 Å². The van der Waals surface area contributed by atoms with Crippen molar-refractivity contribution < 1.29 is 24.4 Å². The zero-order valence-electron chi connectivity index (χ0n) is 16.4. The standard InChI is InChI=1S/C20H26N2O6/c1-19(2,3)14-7-9-20(10-8-14)21(16(12-28-20)18(24)25)17(23)13-5-4-6-15(11-13)22(26)27/h4-6,11,14,16H,7-10,12H2,1-3H3,(H,24,25)/t14?,16-,20?/m1/s1. The average Bonchev–Trinajstić information content (AvgIpc) is 2.99. The van der Waals surface area contributed by atoms with Crippen molar-refractivity contribution in [3.05, 3.63) is 39.9 Å². The number of carbonyl (C=O) groups excluding carboxylic acids is 1. The number of benzene rings is 1. The summed E-state index contributed by atoms with van der Waals surface area (Å²) in [7, 11) is 0. The molecule has 0 aromatic heterocycles. The van der Waals surface area contributed by atoms with Gasteiger partial charge in [-0.2, -0.15) is 0 Å². The molecule has 1 aliphatic heterocycles. The van der Waals surface area contributed by atoms with E-state index < -0.39 is 28.6 Å². The molecule has 1 aromatic rings. The molecule has 8 nitrogen and oxygen atoms in total. The van der Waals surface area contributed by atoms with E-state index in [1.165, 1.54) is 29.2 Å². The predicted molar refractivity (Wildman–Crippen MR) is 101 cm³/mol. The van der Waals surface area contributed by atoms with Gasteiger partial charge in [-0.1, -0.05) is 26.8 Å². The molecule has 2 fully saturated rings. The molecular weight excluding hydrogens is 364 g/mol. The summed E-state index contributed by atoms with van der Waals surface area (Å²) in [4.78, 5) is 36.8. The molecule has 1 heterocycles. The number of carboxylic acids is 1. The normalized spacial score (nSPS) is 27.8. The summed E-state index contributed by atoms with van der Waals surface area (Å²) in [6.07, 6.45) is 2.77. The fourth-order valence-corrected chi connectivity index (χ4v) is 4.38. The molecule has 8 heteroatoms. The van der Waals surface area contributed by atoms with Crippen LogP contribution in [0, 0.1) is 21.4 Å². The Morgan fingerprint density at radius 2 is 1.93 bits per heavy atom. The summed E-state index contributed by atoms with van der Waals surface area (Å²) in [6, 6.07) is 4.30. The van der Waals surface area contributed by atoms with E-state index in [2.05, 4.69) is 20.8 Å². The number of nitro groups is 1. The maximum absolute atomic E-state index is 13.2. The molecule has 0 bridgehead atoms. The summed E-state index contributed by atoms with van der Waals surface area (Å²) < 4.78 is 5.94. The van der Waals surface area contributed by atoms with E-state index in [9.17, 15) is 24.8 Å². The Bertz CT molecular complexity index is 792. The second-order valence-corrected chi connectivity index (χ2v) is 8.73. The van der Waals surface area contributed by atoms with Gasteiger partial charge in [-0.3, -0.25) is 19.8 Å². The van der Waals surface area contributed by atoms with Crippen LogP contribution in [0.5, 0.6) is 0 Å². The first-order chi connectivity index (χ1) is 13.0. The van der Waals surface area contributed by atoms with Crippen LogP contribution in [0.3, 0.4) is 0 Å². The quantitative estimate of drug-likeness (QED) is 0.625. The van der Waals surface area contributed by atoms with Gasteiger partial charge in [0.05, 0.1) is 11.5 Å². The third kappa shape index (κ3) is 3.61. The zero-order valence-corrected chi connectivity index (χ0v) is 16.4. The molecule has 0 unspecified atom stereocenters. The van der Waals surface area contributed by atoms with E-state index in [0.717, 1.165) is 12.8 Å². The summed E-state index contributed by atoms with van der Waals surface area (Å²) in [6.45, 7) is 6.46. The van der Waals surface area contributed by atoms with Crippen molar-refractivity contribution >= 4 is 17.6 Å². The number of ether oxygens (including phenoxy) is 1. The second kappa shape index (κ2) is 7.16. The number of aliphatic carboxylic acids is 1. The minimum atomic E-state index is -1.13. The van der Waals surface area contributed by atoms with Gasteiger partial charge in [0.25, 0.3) is 11.6 Å². The third-order valence-corrected chi connectivity index (χ3v) is 6.06. The summed E-state index contributed by atoms with van der Waals surface area (Å²) >= 11 is 0. The maximum atomic E-state index is 13.2. The fraction of sp³-hybridized carbons (Fsp3) is 0.600. The van der Waals surface area contributed by atoms with Crippen molar-refractivity contribution in [1.29, 1.82) is 0 Å². The van der Waals surface area contributed by atoms with Gasteiger partial charge < -0.3 is 9.84 Å². The van der Waals surface area contributed by atoms with Crippen LogP contribution in [0.4, 0.5) is 5.69 Å². The number of carboxylic acid groups (broad SMARTS) is 1. The fourth-order valence-electron chi connectivity index (χ4n) is 4.38. The largest absolute Gasteiger partial charge is 0.480 e. The molecule has 1 saturated carbocycles. The van der Waals surface area contributed by atoms with Crippen molar-refractivity contribution in [3.63, 3.8) is 0 Å². The van der Waals surface area contributed by atoms with E-state index >= 15 is 0 Å². The predicted octanol–water partition coefficient (Wildman–Crippen LogP) is 3.45. The smallest absolute Gasteiger partial charge is 0.328 e. The first-order valence-electron chi connectivity index (χ1n) is 9.50. The summed E-state index contributed by atoms with van der Waals surface area (Å²) in [5, 5.41) is 20.7. The average molecular weight is 390 g/mol. The molecule has 28 heavy (non-hydrogen) atoms. The molecular formula is C20H26N2O6. The van der Waals surface area contributed by atoms with Gasteiger partial charge in [-0.25, -0.2) is 4.79 Å². The SMILES string of the molecule is CC(C)(C)C1CCC2(CC1)OC[C@H](C(=O)O)N2C(=O)c1cccc([N+](=O)[O-])c1. The maximum Gasteiger partial charge on any atom is 0.328 e. The monoisotopic (exact) mass is 390 g/mol. The molecule has 1 aromatic carbocycles. The lowest BCUT2D eigenvalue weighted by atomic mass is 9.70. The van der Waals surface area contributed by atoms with Crippen molar-refractivity contribution in [2.24, 2.45) is 11.3 Å². The van der Waals surface area contributed by atoms with Crippen LogP contribution in [0.1, 0.15) is 56.8 Å². The minimum Gasteiger partial charge on any atom is -0.480 e. The Kier molecular flexibility index (Phi) is 5.18. The first-order valence-corrected chi connectivity index (χ1v) is 9.50. The van der Waals surface area contributed by atoms with Gasteiger partial charge in [-0.15, -0.1) is 0 Å². The molecule has 0 radical (unpaired) electrons. The molecule has 2 aliphatic rings. The Balaban J connectivity index is 1.92. The number of nitro benzene ring substituents is 1. The molecule has 1 saturated heterocycles. The van der Waals surface area contributed by atoms with E-state index in [1.807, 2.05) is 0 Å². The van der Waals surface area contributed by atoms with Crippen LogP contribution >= 0.6 is 0 Å². The van der Waals surface area contributed by atoms with Crippen LogP contribution in [0.15, 0.2) is 24.3 Å². The number of nitrogens with zero attached hydrogens (tertiary/aromatic N) is 2. The minimum absolute atomic E-state index is 0.0732. The number of hydrogen-bond donors (Lipinski definition) is 1. The summed E-state index contributed by atoms with van der Waals surface area (Å²) in [5.74, 6) is -1.21. The Morgan fingerprint density at radius 1 is 1.29 bits per heavy atom. The van der Waals surface area contributed by atoms with E-state index in [4.69, 9.17) is 4.74 Å². The Hall–Kier alpha value is -2.48. The highest BCUT2D eigenvalue weighted by molar-refractivity contribution is 5.98. The Labute approximate surface area is 163 Å². The lowest BCUT2D eigenvalue weighted by Crippen LogP contribution is -2.55. The molecule has 1 atom stereocenters. The lowest BCUT2D eigenvalue weighted by molar-refractivity contribution is -0.384. The van der Waals surface area contributed by atoms with Gasteiger partial charge in [0, 0.05) is 17.7 Å². The number of carbonyl (C=O) groups is 2. The highest BCUT2D eigenvalue weighted by atomic mass is 16.6. The molecule has 1 N–H and O–H groups in total. The highest BCUT2D eigenvalue weighted by Crippen LogP contribution is 2.47. The van der Waals surface area contributed by atoms with Gasteiger partial charge in [0.1, 0.15) is 5.72 Å². The van der Waals surface area contributed by atoms with Crippen LogP contribution in [0.25, 0.3) is 0 Å². The van der Waals surface area contributed by atoms with E-state index in [-0.39, 0.29) is 23.3 Å². The number of non-ortho nitro benzene ring substituents is 1. The van der Waals surface area contributed by atoms with Crippen molar-refractivity contribution in [2.75, 3.05) is 6.61 Å². The first kappa shape index (κ1) is 20.3. The van der Waals surface area contributed by atoms with Crippen molar-refractivity contribution in [1.82, 2.24) is 4.90 Å². The van der Waals surface area contributed by atoms with Gasteiger partial charge >= 0.3 is 5.97 Å². The molecule has 3 rings (SSSR count). The van der Waals surface area contributed by atoms with Crippen LogP contribution in [-0.4, -0.2) is 45.2 Å². The zero-order chi connectivity index (χ0) is 20.7. The second-order valence-electron chi connectivity index (χ2n) is 8.73. The topological polar surface area (TPSA) is 110 Å². The van der Waals surface area contributed by atoms with Crippen LogP contribution < -0.4 is 0 Å². The van der Waals surface area contributed by atoms with E-state index in [0.29, 0.717) is 18.8 Å². The number of rotatable bonds is 3. The molecule has 1 spiro atoms. The Morgan fingerprint density at radius 3 is 2.46 bits per heavy atom. The lowest BCUT2D eigenvalue weighted by Gasteiger charge is -2.46. The van der Waals surface area contributed by atoms with Crippen LogP contribution in [-0.2, 0) is 9.53 Å². The molecule has 1 amide bonds. The molecule has 1 aliphatic carbocycles. The third-order valence-electron chi connectivity index (χ3n) is 6.06.